The van der Waals surface area contributed by atoms with Crippen LogP contribution >= 0.6 is 22.6 Å². The van der Waals surface area contributed by atoms with Crippen LogP contribution in [-0.2, 0) is 40.0 Å². The molecule has 0 spiro atoms. The Morgan fingerprint density at radius 1 is 0.660 bits per heavy atom. The summed E-state index contributed by atoms with van der Waals surface area (Å²) < 4.78 is 1.16. The van der Waals surface area contributed by atoms with Gasteiger partial charge >= 0.3 is 17.9 Å². The van der Waals surface area contributed by atoms with E-state index in [1.54, 1.807) is 19.6 Å². The highest BCUT2D eigenvalue weighted by atomic mass is 127. The molecular formula is C35H54IN7O10. The van der Waals surface area contributed by atoms with Crippen molar-refractivity contribution in [1.82, 2.24) is 35.6 Å². The fourth-order valence-electron chi connectivity index (χ4n) is 5.83. The minimum Gasteiger partial charge on any atom is -0.480 e. The van der Waals surface area contributed by atoms with Crippen LogP contribution in [0.2, 0.25) is 0 Å². The third-order valence-electron chi connectivity index (χ3n) is 8.60. The Labute approximate surface area is 323 Å². The number of halogens is 1. The molecule has 296 valence electrons. The van der Waals surface area contributed by atoms with Crippen LogP contribution in [0.4, 0.5) is 0 Å². The van der Waals surface area contributed by atoms with Crippen LogP contribution < -0.4 is 16.0 Å². The number of nitrogens with one attached hydrogen (secondary N) is 3. The molecule has 1 saturated heterocycles. The molecule has 2 rings (SSSR count). The van der Waals surface area contributed by atoms with Crippen LogP contribution in [0.5, 0.6) is 0 Å². The van der Waals surface area contributed by atoms with Crippen molar-refractivity contribution in [3.05, 3.63) is 33.4 Å². The largest absolute Gasteiger partial charge is 0.480 e. The Bertz CT molecular complexity index is 1330. The van der Waals surface area contributed by atoms with Crippen LogP contribution in [0, 0.1) is 3.57 Å². The molecule has 4 amide bonds. The molecule has 18 heteroatoms. The summed E-state index contributed by atoms with van der Waals surface area (Å²) in [5.74, 6) is -4.92. The number of benzene rings is 1. The van der Waals surface area contributed by atoms with Crippen LogP contribution in [0.1, 0.15) is 51.0 Å². The fraction of sp³-hybridized carbons (Fsp3) is 0.629. The van der Waals surface area contributed by atoms with Crippen molar-refractivity contribution in [2.45, 2.75) is 57.9 Å². The van der Waals surface area contributed by atoms with Crippen LogP contribution in [0.3, 0.4) is 0 Å². The molecule has 0 aliphatic carbocycles. The summed E-state index contributed by atoms with van der Waals surface area (Å²) in [5, 5.41) is 36.1. The second-order valence-corrected chi connectivity index (χ2v) is 14.4. The molecule has 1 aromatic carbocycles. The third-order valence-corrected chi connectivity index (χ3v) is 9.32. The molecule has 1 atom stereocenters. The van der Waals surface area contributed by atoms with Gasteiger partial charge in [0.1, 0.15) is 6.04 Å². The van der Waals surface area contributed by atoms with Crippen molar-refractivity contribution in [3.8, 4) is 0 Å². The first kappa shape index (κ1) is 45.4. The quantitative estimate of drug-likeness (QED) is 0.0745. The van der Waals surface area contributed by atoms with E-state index in [2.05, 4.69) is 50.7 Å². The van der Waals surface area contributed by atoms with E-state index in [0.717, 1.165) is 16.4 Å². The minimum absolute atomic E-state index is 0.0273. The predicted octanol–water partition coefficient (Wildman–Crippen LogP) is -0.0866. The van der Waals surface area contributed by atoms with Gasteiger partial charge in [-0.1, -0.05) is 25.0 Å². The topological polar surface area (TPSA) is 229 Å². The zero-order valence-electron chi connectivity index (χ0n) is 30.4. The Morgan fingerprint density at radius 3 is 1.58 bits per heavy atom. The molecule has 1 aromatic rings. The van der Waals surface area contributed by atoms with Gasteiger partial charge < -0.3 is 26.0 Å². The summed E-state index contributed by atoms with van der Waals surface area (Å²) in [6, 6.07) is 7.19. The van der Waals surface area contributed by atoms with Crippen molar-refractivity contribution >= 4 is 64.1 Å². The number of nitrogens with zero attached hydrogens (tertiary/aromatic N) is 4. The van der Waals surface area contributed by atoms with Gasteiger partial charge in [-0.15, -0.1) is 0 Å². The molecule has 0 unspecified atom stereocenters. The number of carbonyl (C=O) groups is 7. The smallest absolute Gasteiger partial charge is 0.317 e. The van der Waals surface area contributed by atoms with Crippen molar-refractivity contribution in [3.63, 3.8) is 0 Å². The Kier molecular flexibility index (Phi) is 21.7. The second-order valence-electron chi connectivity index (χ2n) is 13.1. The first-order valence-corrected chi connectivity index (χ1v) is 18.9. The van der Waals surface area contributed by atoms with Crippen molar-refractivity contribution in [2.24, 2.45) is 0 Å². The molecule has 1 heterocycles. The number of imide groups is 1. The van der Waals surface area contributed by atoms with Crippen LogP contribution in [0.25, 0.3) is 0 Å². The van der Waals surface area contributed by atoms with Gasteiger partial charge in [0.2, 0.25) is 23.6 Å². The van der Waals surface area contributed by atoms with Gasteiger partial charge in [0.05, 0.1) is 26.2 Å². The van der Waals surface area contributed by atoms with E-state index >= 15 is 0 Å². The summed E-state index contributed by atoms with van der Waals surface area (Å²) in [5.41, 5.74) is 1.18. The number of amides is 4. The van der Waals surface area contributed by atoms with E-state index < -0.39 is 41.7 Å². The Balaban J connectivity index is 1.94. The van der Waals surface area contributed by atoms with E-state index in [4.69, 9.17) is 0 Å². The first-order chi connectivity index (χ1) is 25.2. The van der Waals surface area contributed by atoms with E-state index in [9.17, 15) is 48.9 Å². The lowest BCUT2D eigenvalue weighted by atomic mass is 10.1. The summed E-state index contributed by atoms with van der Waals surface area (Å²) in [6.07, 6.45) is 4.10. The standard InChI is InChI=1S/C35H54IN7O10/c1-26(44)38-35(53)29(7-3-2-4-13-37-30(45)8-5-6-27-9-11-28(36)12-10-27)39-31(46)22-40-14-16-41(23-32(47)48)18-20-43(25-34(51)52)21-19-42(17-15-40)24-33(49)50/h9-12,29H,2-8,13-25H2,1H3,(H,37,45)(H,39,46)(H,47,48)(H,49,50)(H,51,52)(H,38,44,53)/t29-/m0/s1. The molecule has 17 nitrogen and oxygen atoms in total. The van der Waals surface area contributed by atoms with Crippen molar-refractivity contribution in [2.75, 3.05) is 85.1 Å². The predicted molar refractivity (Wildman–Crippen MR) is 203 cm³/mol. The number of unbranched alkanes of at least 4 members (excludes halogenated alkanes) is 2. The number of hydrogen-bond donors (Lipinski definition) is 6. The summed E-state index contributed by atoms with van der Waals surface area (Å²) >= 11 is 2.25. The average Bonchev–Trinajstić information content (AvgIpc) is 3.06. The van der Waals surface area contributed by atoms with E-state index in [1.807, 2.05) is 12.1 Å². The molecule has 1 fully saturated rings. The molecule has 0 aromatic heterocycles. The average molecular weight is 860 g/mol. The van der Waals surface area contributed by atoms with E-state index in [-0.39, 0.29) is 90.9 Å². The highest BCUT2D eigenvalue weighted by Gasteiger charge is 2.24. The lowest BCUT2D eigenvalue weighted by Crippen LogP contribution is -2.52. The molecule has 6 N–H and O–H groups in total. The van der Waals surface area contributed by atoms with Gasteiger partial charge in [0.15, 0.2) is 0 Å². The van der Waals surface area contributed by atoms with Gasteiger partial charge in [-0.25, -0.2) is 0 Å². The SMILES string of the molecule is CC(=O)NC(=O)[C@H](CCCCCNC(=O)CCCc1ccc(I)cc1)NC(=O)CN1CCN(CC(=O)O)CCN(CC(=O)O)CCN(CC(=O)O)CC1. The highest BCUT2D eigenvalue weighted by Crippen LogP contribution is 2.10. The Hall–Kier alpha value is -3.72. The summed E-state index contributed by atoms with van der Waals surface area (Å²) in [7, 11) is 0. The number of carboxylic acids is 3. The fourth-order valence-corrected chi connectivity index (χ4v) is 6.19. The zero-order valence-corrected chi connectivity index (χ0v) is 32.6. The Morgan fingerprint density at radius 2 is 1.13 bits per heavy atom. The maximum atomic E-state index is 13.3. The lowest BCUT2D eigenvalue weighted by molar-refractivity contribution is -0.140. The number of carbonyl (C=O) groups excluding carboxylic acids is 4. The minimum atomic E-state index is -1.06. The zero-order chi connectivity index (χ0) is 39.2. The molecule has 1 aliphatic heterocycles. The lowest BCUT2D eigenvalue weighted by Gasteiger charge is -2.33. The van der Waals surface area contributed by atoms with E-state index in [1.165, 1.54) is 12.5 Å². The number of carboxylic acid groups (broad SMARTS) is 3. The summed E-state index contributed by atoms with van der Waals surface area (Å²) in [4.78, 5) is 91.3. The monoisotopic (exact) mass is 859 g/mol. The molecule has 0 saturated carbocycles. The van der Waals surface area contributed by atoms with Crippen LogP contribution in [-0.4, -0.2) is 168 Å². The van der Waals surface area contributed by atoms with Gasteiger partial charge in [-0.05, 0) is 66.0 Å². The van der Waals surface area contributed by atoms with Crippen molar-refractivity contribution in [1.29, 1.82) is 0 Å². The van der Waals surface area contributed by atoms with Gasteiger partial charge in [0.25, 0.3) is 0 Å². The normalized spacial score (nSPS) is 16.0. The number of aryl methyl sites for hydroxylation is 1. The molecule has 0 bridgehead atoms. The molecular weight excluding hydrogens is 805 g/mol. The van der Waals surface area contributed by atoms with Crippen molar-refractivity contribution < 1.29 is 48.9 Å². The van der Waals surface area contributed by atoms with Crippen LogP contribution in [0.15, 0.2) is 24.3 Å². The maximum absolute atomic E-state index is 13.3. The third kappa shape index (κ3) is 21.5. The number of aliphatic carboxylic acids is 3. The first-order valence-electron chi connectivity index (χ1n) is 17.9. The number of hydrogen-bond acceptors (Lipinski definition) is 11. The molecule has 1 aliphatic rings. The molecule has 0 radical (unpaired) electrons. The van der Waals surface area contributed by atoms with Gasteiger partial charge in [0, 0.05) is 75.8 Å². The van der Waals surface area contributed by atoms with Gasteiger partial charge in [-0.2, -0.15) is 0 Å². The highest BCUT2D eigenvalue weighted by molar-refractivity contribution is 14.1. The second kappa shape index (κ2) is 25.3. The van der Waals surface area contributed by atoms with E-state index in [0.29, 0.717) is 32.2 Å². The molecule has 53 heavy (non-hydrogen) atoms. The summed E-state index contributed by atoms with van der Waals surface area (Å²) in [6.45, 7) is 2.54. The van der Waals surface area contributed by atoms with Gasteiger partial charge in [-0.3, -0.25) is 58.5 Å². The number of rotatable bonds is 20. The maximum Gasteiger partial charge on any atom is 0.317 e.